The van der Waals surface area contributed by atoms with Crippen LogP contribution in [0.5, 0.6) is 0 Å². The number of hydrogen-bond acceptors (Lipinski definition) is 5. The topological polar surface area (TPSA) is 62.4 Å². The first-order valence-electron chi connectivity index (χ1n) is 10.2. The highest BCUT2D eigenvalue weighted by Crippen LogP contribution is 2.24. The van der Waals surface area contributed by atoms with Crippen LogP contribution in [0.1, 0.15) is 29.8 Å². The van der Waals surface area contributed by atoms with Crippen molar-refractivity contribution in [3.63, 3.8) is 0 Å². The molecule has 0 N–H and O–H groups in total. The van der Waals surface area contributed by atoms with Crippen LogP contribution in [-0.2, 0) is 25.4 Å². The third kappa shape index (κ3) is 3.58. The van der Waals surface area contributed by atoms with Crippen molar-refractivity contribution in [3.05, 3.63) is 29.3 Å². The summed E-state index contributed by atoms with van der Waals surface area (Å²) >= 11 is 0. The minimum atomic E-state index is -0.00188. The summed E-state index contributed by atoms with van der Waals surface area (Å²) in [4.78, 5) is 19.9. The first-order valence-corrected chi connectivity index (χ1v) is 10.2. The van der Waals surface area contributed by atoms with E-state index in [1.807, 2.05) is 29.9 Å². The van der Waals surface area contributed by atoms with Gasteiger partial charge in [-0.2, -0.15) is 10.2 Å². The Labute approximate surface area is 166 Å². The maximum atomic E-state index is 13.1. The van der Waals surface area contributed by atoms with Gasteiger partial charge in [-0.25, -0.2) is 0 Å². The van der Waals surface area contributed by atoms with Crippen LogP contribution < -0.4 is 4.90 Å². The van der Waals surface area contributed by atoms with Crippen molar-refractivity contribution in [3.8, 4) is 0 Å². The van der Waals surface area contributed by atoms with Crippen LogP contribution in [0, 0.1) is 13.8 Å². The Morgan fingerprint density at radius 3 is 2.46 bits per heavy atom. The molecular weight excluding hydrogens is 354 g/mol. The number of aryl methyl sites for hydroxylation is 3. The lowest BCUT2D eigenvalue weighted by Crippen LogP contribution is -2.57. The van der Waals surface area contributed by atoms with Crippen LogP contribution in [0.25, 0.3) is 0 Å². The van der Waals surface area contributed by atoms with Gasteiger partial charge in [-0.15, -0.1) is 0 Å². The van der Waals surface area contributed by atoms with Gasteiger partial charge < -0.3 is 4.90 Å². The number of carbonyl (C=O) groups excluding carboxylic acids is 1. The van der Waals surface area contributed by atoms with E-state index in [1.165, 1.54) is 11.3 Å². The lowest BCUT2D eigenvalue weighted by Gasteiger charge is -2.42. The molecule has 1 atom stereocenters. The van der Waals surface area contributed by atoms with Crippen molar-refractivity contribution in [2.75, 3.05) is 37.6 Å². The van der Waals surface area contributed by atoms with Crippen molar-refractivity contribution in [2.24, 2.45) is 14.1 Å². The summed E-state index contributed by atoms with van der Waals surface area (Å²) in [5.41, 5.74) is 4.62. The molecule has 28 heavy (non-hydrogen) atoms. The zero-order valence-corrected chi connectivity index (χ0v) is 17.4. The van der Waals surface area contributed by atoms with Gasteiger partial charge in [0.1, 0.15) is 0 Å². The van der Waals surface area contributed by atoms with E-state index in [1.54, 1.807) is 10.9 Å². The molecule has 4 rings (SSSR count). The van der Waals surface area contributed by atoms with E-state index in [2.05, 4.69) is 33.8 Å². The quantitative estimate of drug-likeness (QED) is 0.788. The van der Waals surface area contributed by atoms with Crippen molar-refractivity contribution in [2.45, 2.75) is 39.3 Å². The van der Waals surface area contributed by atoms with Gasteiger partial charge in [0.05, 0.1) is 23.6 Å². The second-order valence-electron chi connectivity index (χ2n) is 8.11. The molecule has 8 heteroatoms. The monoisotopic (exact) mass is 385 g/mol. The van der Waals surface area contributed by atoms with Crippen LogP contribution in [0.4, 0.5) is 5.69 Å². The second kappa shape index (κ2) is 7.67. The summed E-state index contributed by atoms with van der Waals surface area (Å²) in [6.07, 6.45) is 5.71. The smallest absolute Gasteiger partial charge is 0.244 e. The number of rotatable bonds is 4. The molecule has 0 aliphatic carbocycles. The maximum absolute atomic E-state index is 13.1. The first kappa shape index (κ1) is 19.1. The summed E-state index contributed by atoms with van der Waals surface area (Å²) < 4.78 is 3.72. The summed E-state index contributed by atoms with van der Waals surface area (Å²) in [5.74, 6) is 0.228. The Morgan fingerprint density at radius 2 is 1.86 bits per heavy atom. The largest absolute Gasteiger partial charge is 0.308 e. The molecule has 2 aliphatic rings. The minimum Gasteiger partial charge on any atom is -0.308 e. The van der Waals surface area contributed by atoms with E-state index in [0.717, 1.165) is 63.5 Å². The Morgan fingerprint density at radius 1 is 1.11 bits per heavy atom. The summed E-state index contributed by atoms with van der Waals surface area (Å²) in [7, 11) is 3.90. The molecule has 0 unspecified atom stereocenters. The zero-order chi connectivity index (χ0) is 19.8. The van der Waals surface area contributed by atoms with E-state index in [9.17, 15) is 4.79 Å². The maximum Gasteiger partial charge on any atom is 0.244 e. The van der Waals surface area contributed by atoms with E-state index >= 15 is 0 Å². The SMILES string of the molecule is Cc1nn(C)c(C)c1CN1CCN([C@@H]2CCCN(c3cnn(C)c3)C2=O)CC1. The van der Waals surface area contributed by atoms with Gasteiger partial charge in [0.2, 0.25) is 5.91 Å². The molecule has 2 fully saturated rings. The Kier molecular flexibility index (Phi) is 5.25. The Bertz CT molecular complexity index is 847. The lowest BCUT2D eigenvalue weighted by atomic mass is 10.0. The van der Waals surface area contributed by atoms with E-state index in [4.69, 9.17) is 0 Å². The van der Waals surface area contributed by atoms with Crippen LogP contribution in [0.3, 0.4) is 0 Å². The highest BCUT2D eigenvalue weighted by atomic mass is 16.2. The normalized spacial score (nSPS) is 22.2. The average Bonchev–Trinajstić information content (AvgIpc) is 3.21. The number of amides is 1. The zero-order valence-electron chi connectivity index (χ0n) is 17.4. The molecular formula is C20H31N7O. The van der Waals surface area contributed by atoms with Gasteiger partial charge >= 0.3 is 0 Å². The predicted molar refractivity (Wildman–Crippen MR) is 108 cm³/mol. The molecule has 4 heterocycles. The standard InChI is InChI=1S/C20H31N7O/c1-15-18(16(2)24(4)22-15)14-25-8-10-26(11-9-25)19-6-5-7-27(20(19)28)17-12-21-23(3)13-17/h12-13,19H,5-11,14H2,1-4H3/t19-/m1/s1. The van der Waals surface area contributed by atoms with Crippen LogP contribution in [-0.4, -0.2) is 74.0 Å². The Hall–Kier alpha value is -2.19. The summed E-state index contributed by atoms with van der Waals surface area (Å²) in [6, 6.07) is -0.00188. The molecule has 2 aromatic rings. The fourth-order valence-corrected chi connectivity index (χ4v) is 4.50. The van der Waals surface area contributed by atoms with Crippen molar-refractivity contribution < 1.29 is 4.79 Å². The van der Waals surface area contributed by atoms with Crippen LogP contribution in [0.15, 0.2) is 12.4 Å². The van der Waals surface area contributed by atoms with Gasteiger partial charge in [-0.05, 0) is 26.7 Å². The van der Waals surface area contributed by atoms with Gasteiger partial charge in [0.25, 0.3) is 0 Å². The Balaban J connectivity index is 1.37. The van der Waals surface area contributed by atoms with Gasteiger partial charge in [-0.1, -0.05) is 0 Å². The molecule has 0 spiro atoms. The van der Waals surface area contributed by atoms with Crippen LogP contribution >= 0.6 is 0 Å². The average molecular weight is 386 g/mol. The van der Waals surface area contributed by atoms with E-state index < -0.39 is 0 Å². The molecule has 0 saturated carbocycles. The number of hydrogen-bond donors (Lipinski definition) is 0. The molecule has 2 aromatic heterocycles. The summed E-state index contributed by atoms with van der Waals surface area (Å²) in [5, 5.41) is 8.76. The molecule has 0 bridgehead atoms. The molecule has 0 aromatic carbocycles. The molecule has 2 aliphatic heterocycles. The third-order valence-electron chi connectivity index (χ3n) is 6.30. The minimum absolute atomic E-state index is 0.00188. The third-order valence-corrected chi connectivity index (χ3v) is 6.30. The van der Waals surface area contributed by atoms with Crippen molar-refractivity contribution in [1.29, 1.82) is 0 Å². The number of nitrogens with zero attached hydrogens (tertiary/aromatic N) is 7. The van der Waals surface area contributed by atoms with E-state index in [-0.39, 0.29) is 11.9 Å². The molecule has 8 nitrogen and oxygen atoms in total. The molecule has 0 radical (unpaired) electrons. The van der Waals surface area contributed by atoms with Crippen LogP contribution in [0.2, 0.25) is 0 Å². The second-order valence-corrected chi connectivity index (χ2v) is 8.11. The number of piperazine rings is 1. The van der Waals surface area contributed by atoms with Gasteiger partial charge in [0, 0.05) is 70.8 Å². The fourth-order valence-electron chi connectivity index (χ4n) is 4.50. The lowest BCUT2D eigenvalue weighted by molar-refractivity contribution is -0.126. The predicted octanol–water partition coefficient (Wildman–Crippen LogP) is 1.08. The van der Waals surface area contributed by atoms with Crippen molar-refractivity contribution >= 4 is 11.6 Å². The number of piperidine rings is 1. The number of anilines is 1. The van der Waals surface area contributed by atoms with Gasteiger partial charge in [0.15, 0.2) is 0 Å². The van der Waals surface area contributed by atoms with Gasteiger partial charge in [-0.3, -0.25) is 24.0 Å². The highest BCUT2D eigenvalue weighted by molar-refractivity contribution is 5.97. The summed E-state index contributed by atoms with van der Waals surface area (Å²) in [6.45, 7) is 9.83. The van der Waals surface area contributed by atoms with Crippen molar-refractivity contribution in [1.82, 2.24) is 29.4 Å². The number of aromatic nitrogens is 4. The molecule has 2 saturated heterocycles. The number of carbonyl (C=O) groups is 1. The highest BCUT2D eigenvalue weighted by Gasteiger charge is 2.35. The molecule has 1 amide bonds. The molecule has 152 valence electrons. The van der Waals surface area contributed by atoms with E-state index in [0.29, 0.717) is 0 Å². The first-order chi connectivity index (χ1) is 13.4. The fraction of sp³-hybridized carbons (Fsp3) is 0.650.